The summed E-state index contributed by atoms with van der Waals surface area (Å²) in [6.07, 6.45) is 0. The molecule has 0 unspecified atom stereocenters. The summed E-state index contributed by atoms with van der Waals surface area (Å²) in [6, 6.07) is 4.32. The van der Waals surface area contributed by atoms with Crippen LogP contribution in [0.1, 0.15) is 15.9 Å². The van der Waals surface area contributed by atoms with Crippen LogP contribution in [-0.2, 0) is 0 Å². The van der Waals surface area contributed by atoms with Crippen molar-refractivity contribution in [2.45, 2.75) is 0 Å². The van der Waals surface area contributed by atoms with E-state index in [2.05, 4.69) is 4.74 Å². The van der Waals surface area contributed by atoms with Gasteiger partial charge in [0.15, 0.2) is 11.6 Å². The molecule has 0 aromatic heterocycles. The Morgan fingerprint density at radius 2 is 1.65 bits per heavy atom. The third-order valence-electron chi connectivity index (χ3n) is 2.66. The van der Waals surface area contributed by atoms with Gasteiger partial charge in [0, 0.05) is 12.1 Å². The Balaban J connectivity index is 2.58. The highest BCUT2D eigenvalue weighted by molar-refractivity contribution is 6.09. The first-order valence-corrected chi connectivity index (χ1v) is 5.47. The van der Waals surface area contributed by atoms with Crippen LogP contribution in [0.2, 0.25) is 0 Å². The molecule has 0 aliphatic heterocycles. The number of rotatable bonds is 3. The van der Waals surface area contributed by atoms with E-state index in [4.69, 9.17) is 0 Å². The van der Waals surface area contributed by atoms with E-state index in [0.717, 1.165) is 6.07 Å². The Morgan fingerprint density at radius 1 is 1.05 bits per heavy atom. The van der Waals surface area contributed by atoms with E-state index in [-0.39, 0.29) is 5.75 Å². The summed E-state index contributed by atoms with van der Waals surface area (Å²) >= 11 is 0. The summed E-state index contributed by atoms with van der Waals surface area (Å²) in [7, 11) is 1.19. The summed E-state index contributed by atoms with van der Waals surface area (Å²) < 4.78 is 58.4. The molecule has 2 nitrogen and oxygen atoms in total. The first-order valence-electron chi connectivity index (χ1n) is 5.47. The van der Waals surface area contributed by atoms with Crippen molar-refractivity contribution < 1.29 is 27.1 Å². The molecule has 2 aromatic rings. The average molecular weight is 284 g/mol. The van der Waals surface area contributed by atoms with Gasteiger partial charge in [-0.1, -0.05) is 6.07 Å². The molecule has 0 spiro atoms. The van der Waals surface area contributed by atoms with Crippen LogP contribution in [-0.4, -0.2) is 12.9 Å². The van der Waals surface area contributed by atoms with Crippen LogP contribution in [0.4, 0.5) is 17.6 Å². The molecule has 0 bridgehead atoms. The van der Waals surface area contributed by atoms with Crippen molar-refractivity contribution in [2.75, 3.05) is 7.11 Å². The van der Waals surface area contributed by atoms with Crippen molar-refractivity contribution in [3.63, 3.8) is 0 Å². The monoisotopic (exact) mass is 284 g/mol. The lowest BCUT2D eigenvalue weighted by Crippen LogP contribution is -2.10. The highest BCUT2D eigenvalue weighted by Crippen LogP contribution is 2.25. The standard InChI is InChI=1S/C14H8F4O2/c1-20-11-4-2-3-8(13(11)18)14(19)12-9(16)5-7(15)6-10(12)17/h2-6H,1H3. The van der Waals surface area contributed by atoms with Gasteiger partial charge in [-0.05, 0) is 12.1 Å². The molecule has 0 radical (unpaired) electrons. The molecule has 0 amide bonds. The van der Waals surface area contributed by atoms with Crippen LogP contribution in [0.3, 0.4) is 0 Å². The molecular weight excluding hydrogens is 276 g/mol. The smallest absolute Gasteiger partial charge is 0.202 e. The fraction of sp³-hybridized carbons (Fsp3) is 0.0714. The van der Waals surface area contributed by atoms with Crippen LogP contribution in [0.25, 0.3) is 0 Å². The van der Waals surface area contributed by atoms with Gasteiger partial charge in [0.25, 0.3) is 0 Å². The number of carbonyl (C=O) groups excluding carboxylic acids is 1. The Hall–Kier alpha value is -2.37. The van der Waals surface area contributed by atoms with E-state index in [9.17, 15) is 22.4 Å². The lowest BCUT2D eigenvalue weighted by molar-refractivity contribution is 0.102. The Labute approximate surface area is 111 Å². The highest BCUT2D eigenvalue weighted by atomic mass is 19.1. The third kappa shape index (κ3) is 2.36. The average Bonchev–Trinajstić information content (AvgIpc) is 2.37. The van der Waals surface area contributed by atoms with E-state index >= 15 is 0 Å². The van der Waals surface area contributed by atoms with Crippen LogP contribution >= 0.6 is 0 Å². The number of ether oxygens (including phenoxy) is 1. The summed E-state index contributed by atoms with van der Waals surface area (Å²) in [5.41, 5.74) is -1.58. The minimum Gasteiger partial charge on any atom is -0.494 e. The van der Waals surface area contributed by atoms with Crippen molar-refractivity contribution in [1.29, 1.82) is 0 Å². The molecule has 6 heteroatoms. The zero-order valence-electron chi connectivity index (χ0n) is 10.2. The topological polar surface area (TPSA) is 26.3 Å². The molecule has 104 valence electrons. The van der Waals surface area contributed by atoms with Crippen LogP contribution < -0.4 is 4.74 Å². The highest BCUT2D eigenvalue weighted by Gasteiger charge is 2.24. The Morgan fingerprint density at radius 3 is 2.20 bits per heavy atom. The fourth-order valence-electron chi connectivity index (χ4n) is 1.74. The summed E-state index contributed by atoms with van der Waals surface area (Å²) in [6.45, 7) is 0. The van der Waals surface area contributed by atoms with Gasteiger partial charge in [-0.2, -0.15) is 0 Å². The maximum Gasteiger partial charge on any atom is 0.202 e. The van der Waals surface area contributed by atoms with Crippen molar-refractivity contribution in [1.82, 2.24) is 0 Å². The van der Waals surface area contributed by atoms with E-state index < -0.39 is 40.2 Å². The lowest BCUT2D eigenvalue weighted by Gasteiger charge is -2.08. The first-order chi connectivity index (χ1) is 9.45. The molecule has 0 saturated heterocycles. The number of benzene rings is 2. The van der Waals surface area contributed by atoms with E-state index in [1.54, 1.807) is 0 Å². The second kappa shape index (κ2) is 5.32. The van der Waals surface area contributed by atoms with Crippen LogP contribution in [0, 0.1) is 23.3 Å². The lowest BCUT2D eigenvalue weighted by atomic mass is 10.0. The normalized spacial score (nSPS) is 10.4. The number of ketones is 1. The molecule has 0 aliphatic rings. The number of halogens is 4. The molecule has 0 saturated carbocycles. The number of methoxy groups -OCH3 is 1. The molecule has 0 N–H and O–H groups in total. The molecule has 0 aliphatic carbocycles. The number of hydrogen-bond acceptors (Lipinski definition) is 2. The molecule has 0 atom stereocenters. The Kier molecular flexibility index (Phi) is 3.74. The van der Waals surface area contributed by atoms with E-state index in [1.807, 2.05) is 0 Å². The van der Waals surface area contributed by atoms with Gasteiger partial charge in [0.05, 0.1) is 18.2 Å². The quantitative estimate of drug-likeness (QED) is 0.637. The van der Waals surface area contributed by atoms with Gasteiger partial charge in [-0.25, -0.2) is 17.6 Å². The van der Waals surface area contributed by atoms with Crippen molar-refractivity contribution in [2.24, 2.45) is 0 Å². The van der Waals surface area contributed by atoms with E-state index in [1.165, 1.54) is 19.2 Å². The van der Waals surface area contributed by atoms with Gasteiger partial charge in [-0.3, -0.25) is 4.79 Å². The van der Waals surface area contributed by atoms with Crippen molar-refractivity contribution >= 4 is 5.78 Å². The maximum absolute atomic E-state index is 13.9. The molecule has 2 rings (SSSR count). The first kappa shape index (κ1) is 14.0. The second-order valence-corrected chi connectivity index (χ2v) is 3.90. The minimum absolute atomic E-state index is 0.237. The van der Waals surface area contributed by atoms with Crippen molar-refractivity contribution in [3.05, 3.63) is 64.7 Å². The Bertz CT molecular complexity index is 660. The van der Waals surface area contributed by atoms with Crippen LogP contribution in [0.5, 0.6) is 5.75 Å². The molecule has 0 fully saturated rings. The number of carbonyl (C=O) groups is 1. The zero-order chi connectivity index (χ0) is 14.9. The van der Waals surface area contributed by atoms with Gasteiger partial charge in [0.1, 0.15) is 17.5 Å². The molecule has 0 heterocycles. The zero-order valence-corrected chi connectivity index (χ0v) is 10.2. The van der Waals surface area contributed by atoms with Gasteiger partial charge < -0.3 is 4.74 Å². The largest absolute Gasteiger partial charge is 0.494 e. The van der Waals surface area contributed by atoms with Gasteiger partial charge in [-0.15, -0.1) is 0 Å². The molecular formula is C14H8F4O2. The summed E-state index contributed by atoms with van der Waals surface area (Å²) in [5.74, 6) is -6.45. The van der Waals surface area contributed by atoms with E-state index in [0.29, 0.717) is 12.1 Å². The predicted octanol–water partition coefficient (Wildman–Crippen LogP) is 3.48. The molecule has 20 heavy (non-hydrogen) atoms. The van der Waals surface area contributed by atoms with Crippen LogP contribution in [0.15, 0.2) is 30.3 Å². The molecule has 2 aromatic carbocycles. The second-order valence-electron chi connectivity index (χ2n) is 3.90. The number of hydrogen-bond donors (Lipinski definition) is 0. The fourth-order valence-corrected chi connectivity index (χ4v) is 1.74. The predicted molar refractivity (Wildman–Crippen MR) is 62.7 cm³/mol. The van der Waals surface area contributed by atoms with Crippen molar-refractivity contribution in [3.8, 4) is 5.75 Å². The maximum atomic E-state index is 13.9. The van der Waals surface area contributed by atoms with Gasteiger partial charge >= 0.3 is 0 Å². The summed E-state index contributed by atoms with van der Waals surface area (Å²) in [4.78, 5) is 12.0. The SMILES string of the molecule is COc1cccc(C(=O)c2c(F)cc(F)cc2F)c1F. The third-order valence-corrected chi connectivity index (χ3v) is 2.66. The summed E-state index contributed by atoms with van der Waals surface area (Å²) in [5, 5.41) is 0. The minimum atomic E-state index is -1.39. The van der Waals surface area contributed by atoms with Gasteiger partial charge in [0.2, 0.25) is 5.78 Å².